The number of likely N-dealkylation sites (N-methyl/N-ethyl adjacent to an activating group) is 1. The Kier molecular flexibility index (Phi) is 1.95. The van der Waals surface area contributed by atoms with E-state index in [1.807, 2.05) is 25.2 Å². The van der Waals surface area contributed by atoms with Gasteiger partial charge in [0.25, 0.3) is 0 Å². The highest BCUT2D eigenvalue weighted by molar-refractivity contribution is 6.30. The van der Waals surface area contributed by atoms with Crippen molar-refractivity contribution in [3.05, 3.63) is 28.8 Å². The Hall–Kier alpha value is -0.730. The van der Waals surface area contributed by atoms with E-state index < -0.39 is 0 Å². The second-order valence-corrected chi connectivity index (χ2v) is 3.27. The number of rotatable bonds is 1. The third kappa shape index (κ3) is 1.17. The molecule has 1 aliphatic heterocycles. The molecule has 0 unspecified atom stereocenters. The van der Waals surface area contributed by atoms with Crippen molar-refractivity contribution >= 4 is 11.6 Å². The minimum atomic E-state index is 0.317. The van der Waals surface area contributed by atoms with Crippen LogP contribution >= 0.6 is 11.6 Å². The predicted octanol–water partition coefficient (Wildman–Crippen LogP) is 1.99. The van der Waals surface area contributed by atoms with Gasteiger partial charge in [-0.1, -0.05) is 17.7 Å². The number of nitrogens with one attached hydrogen (secondary N) is 1. The summed E-state index contributed by atoms with van der Waals surface area (Å²) in [5, 5.41) is 3.90. The van der Waals surface area contributed by atoms with Gasteiger partial charge in [-0.2, -0.15) is 0 Å². The fraction of sp³-hybridized carbons (Fsp3) is 0.333. The highest BCUT2D eigenvalue weighted by Gasteiger charge is 2.21. The van der Waals surface area contributed by atoms with Crippen LogP contribution in [0.1, 0.15) is 11.6 Å². The fourth-order valence-electron chi connectivity index (χ4n) is 1.42. The van der Waals surface area contributed by atoms with Crippen LogP contribution in [0.4, 0.5) is 0 Å². The number of hydrogen-bond donors (Lipinski definition) is 1. The summed E-state index contributed by atoms with van der Waals surface area (Å²) < 4.78 is 5.44. The molecule has 0 fully saturated rings. The third-order valence-corrected chi connectivity index (χ3v) is 2.34. The standard InChI is InChI=1S/C9H10ClNO/c1-11-8-5-12-9-4-6(10)2-3-7(8)9/h2-4,8,11H,5H2,1H3/t8-/m1/s1. The van der Waals surface area contributed by atoms with Gasteiger partial charge in [0, 0.05) is 10.6 Å². The largest absolute Gasteiger partial charge is 0.491 e. The molecule has 1 aliphatic rings. The van der Waals surface area contributed by atoms with Gasteiger partial charge in [-0.05, 0) is 19.2 Å². The molecule has 64 valence electrons. The normalized spacial score (nSPS) is 20.3. The number of hydrogen-bond acceptors (Lipinski definition) is 2. The third-order valence-electron chi connectivity index (χ3n) is 2.10. The quantitative estimate of drug-likeness (QED) is 0.719. The minimum Gasteiger partial charge on any atom is -0.491 e. The zero-order chi connectivity index (χ0) is 8.55. The van der Waals surface area contributed by atoms with Crippen molar-refractivity contribution < 1.29 is 4.74 Å². The Morgan fingerprint density at radius 3 is 3.17 bits per heavy atom. The zero-order valence-corrected chi connectivity index (χ0v) is 7.56. The highest BCUT2D eigenvalue weighted by atomic mass is 35.5. The Balaban J connectivity index is 2.40. The highest BCUT2D eigenvalue weighted by Crippen LogP contribution is 2.33. The first-order valence-corrected chi connectivity index (χ1v) is 4.28. The first-order valence-electron chi connectivity index (χ1n) is 3.91. The summed E-state index contributed by atoms with van der Waals surface area (Å²) in [5.74, 6) is 0.904. The van der Waals surface area contributed by atoms with E-state index >= 15 is 0 Å². The molecule has 0 amide bonds. The van der Waals surface area contributed by atoms with Gasteiger partial charge < -0.3 is 10.1 Å². The molecule has 0 saturated heterocycles. The monoisotopic (exact) mass is 183 g/mol. The molecule has 12 heavy (non-hydrogen) atoms. The van der Waals surface area contributed by atoms with Gasteiger partial charge in [-0.15, -0.1) is 0 Å². The molecule has 0 radical (unpaired) electrons. The van der Waals surface area contributed by atoms with Crippen LogP contribution in [0.2, 0.25) is 5.02 Å². The smallest absolute Gasteiger partial charge is 0.125 e. The first-order chi connectivity index (χ1) is 5.81. The van der Waals surface area contributed by atoms with E-state index in [4.69, 9.17) is 16.3 Å². The predicted molar refractivity (Wildman–Crippen MR) is 48.7 cm³/mol. The summed E-state index contributed by atoms with van der Waals surface area (Å²) in [6.07, 6.45) is 0. The topological polar surface area (TPSA) is 21.3 Å². The van der Waals surface area contributed by atoms with Gasteiger partial charge in [-0.25, -0.2) is 0 Å². The SMILES string of the molecule is CN[C@@H]1COc2cc(Cl)ccc21. The lowest BCUT2D eigenvalue weighted by atomic mass is 10.1. The average molecular weight is 184 g/mol. The van der Waals surface area contributed by atoms with Crippen molar-refractivity contribution in [1.82, 2.24) is 5.32 Å². The van der Waals surface area contributed by atoms with E-state index in [1.165, 1.54) is 5.56 Å². The van der Waals surface area contributed by atoms with E-state index in [0.29, 0.717) is 12.6 Å². The van der Waals surface area contributed by atoms with Gasteiger partial charge >= 0.3 is 0 Å². The average Bonchev–Trinajstić information content (AvgIpc) is 2.46. The second-order valence-electron chi connectivity index (χ2n) is 2.83. The van der Waals surface area contributed by atoms with Gasteiger partial charge in [0.1, 0.15) is 12.4 Å². The maximum Gasteiger partial charge on any atom is 0.125 e. The van der Waals surface area contributed by atoms with Crippen molar-refractivity contribution in [3.8, 4) is 5.75 Å². The van der Waals surface area contributed by atoms with Crippen LogP contribution in [-0.2, 0) is 0 Å². The lowest BCUT2D eigenvalue weighted by molar-refractivity contribution is 0.318. The summed E-state index contributed by atoms with van der Waals surface area (Å²) >= 11 is 5.81. The fourth-order valence-corrected chi connectivity index (χ4v) is 1.58. The molecule has 1 aromatic rings. The van der Waals surface area contributed by atoms with Crippen molar-refractivity contribution in [2.75, 3.05) is 13.7 Å². The van der Waals surface area contributed by atoms with Crippen molar-refractivity contribution in [3.63, 3.8) is 0 Å². The molecule has 0 aromatic heterocycles. The first kappa shape index (κ1) is 7.90. The van der Waals surface area contributed by atoms with E-state index in [-0.39, 0.29) is 0 Å². The Morgan fingerprint density at radius 2 is 2.42 bits per heavy atom. The summed E-state index contributed by atoms with van der Waals surface area (Å²) in [6.45, 7) is 0.701. The molecule has 3 heteroatoms. The van der Waals surface area contributed by atoms with Crippen molar-refractivity contribution in [1.29, 1.82) is 0 Å². The molecule has 1 atom stereocenters. The van der Waals surface area contributed by atoms with E-state index in [2.05, 4.69) is 5.32 Å². The zero-order valence-electron chi connectivity index (χ0n) is 6.80. The van der Waals surface area contributed by atoms with E-state index in [9.17, 15) is 0 Å². The van der Waals surface area contributed by atoms with Crippen molar-refractivity contribution in [2.45, 2.75) is 6.04 Å². The molecule has 0 aliphatic carbocycles. The summed E-state index contributed by atoms with van der Waals surface area (Å²) in [7, 11) is 1.93. The van der Waals surface area contributed by atoms with Crippen LogP contribution in [0.25, 0.3) is 0 Å². The lowest BCUT2D eigenvalue weighted by Gasteiger charge is -2.05. The van der Waals surface area contributed by atoms with Crippen LogP contribution in [0.3, 0.4) is 0 Å². The molecule has 0 bridgehead atoms. The minimum absolute atomic E-state index is 0.317. The molecule has 2 nitrogen and oxygen atoms in total. The molecule has 2 rings (SSSR count). The summed E-state index contributed by atoms with van der Waals surface area (Å²) in [6, 6.07) is 6.07. The Bertz CT molecular complexity index is 301. The maximum atomic E-state index is 5.81. The molecule has 1 N–H and O–H groups in total. The van der Waals surface area contributed by atoms with Crippen LogP contribution in [0.15, 0.2) is 18.2 Å². The number of halogens is 1. The molecule has 1 heterocycles. The maximum absolute atomic E-state index is 5.81. The number of ether oxygens (including phenoxy) is 1. The van der Waals surface area contributed by atoms with Crippen molar-refractivity contribution in [2.24, 2.45) is 0 Å². The lowest BCUT2D eigenvalue weighted by Crippen LogP contribution is -2.16. The molecule has 0 spiro atoms. The van der Waals surface area contributed by atoms with Crippen LogP contribution in [0.5, 0.6) is 5.75 Å². The molecular formula is C9H10ClNO. The van der Waals surface area contributed by atoms with E-state index in [0.717, 1.165) is 10.8 Å². The van der Waals surface area contributed by atoms with Gasteiger partial charge in [0.15, 0.2) is 0 Å². The van der Waals surface area contributed by atoms with E-state index in [1.54, 1.807) is 0 Å². The van der Waals surface area contributed by atoms with Gasteiger partial charge in [-0.3, -0.25) is 0 Å². The summed E-state index contributed by atoms with van der Waals surface area (Å²) in [5.41, 5.74) is 1.20. The van der Waals surface area contributed by atoms with Crippen LogP contribution in [0, 0.1) is 0 Å². The molecular weight excluding hydrogens is 174 g/mol. The number of benzene rings is 1. The van der Waals surface area contributed by atoms with Crippen LogP contribution in [-0.4, -0.2) is 13.7 Å². The Labute approximate surface area is 76.5 Å². The van der Waals surface area contributed by atoms with Gasteiger partial charge in [0.05, 0.1) is 6.04 Å². The summed E-state index contributed by atoms with van der Waals surface area (Å²) in [4.78, 5) is 0. The van der Waals surface area contributed by atoms with Gasteiger partial charge in [0.2, 0.25) is 0 Å². The van der Waals surface area contributed by atoms with Crippen LogP contribution < -0.4 is 10.1 Å². The number of fused-ring (bicyclic) bond motifs is 1. The Morgan fingerprint density at radius 1 is 1.58 bits per heavy atom. The molecule has 0 saturated carbocycles. The second kappa shape index (κ2) is 2.96. The molecule has 1 aromatic carbocycles.